The van der Waals surface area contributed by atoms with Gasteiger partial charge in [-0.25, -0.2) is 0 Å². The smallest absolute Gasteiger partial charge is 0.224 e. The lowest BCUT2D eigenvalue weighted by Gasteiger charge is -2.22. The lowest BCUT2D eigenvalue weighted by molar-refractivity contribution is -0.121. The molecule has 1 amide bonds. The van der Waals surface area contributed by atoms with Crippen LogP contribution in [0.5, 0.6) is 0 Å². The number of aryl methyl sites for hydroxylation is 1. The van der Waals surface area contributed by atoms with E-state index < -0.39 is 5.60 Å². The van der Waals surface area contributed by atoms with Gasteiger partial charge in [0.25, 0.3) is 0 Å². The molecule has 3 rings (SSSR count). The van der Waals surface area contributed by atoms with Crippen LogP contribution in [0.2, 0.25) is 0 Å². The van der Waals surface area contributed by atoms with Crippen LogP contribution in [0.25, 0.3) is 10.9 Å². The number of carbonyl (C=O) groups excluding carboxylic acids is 1. The van der Waals surface area contributed by atoms with E-state index in [0.717, 1.165) is 21.3 Å². The highest BCUT2D eigenvalue weighted by Crippen LogP contribution is 2.24. The first kappa shape index (κ1) is 15.8. The van der Waals surface area contributed by atoms with E-state index in [9.17, 15) is 9.90 Å². The summed E-state index contributed by atoms with van der Waals surface area (Å²) in [6.07, 6.45) is 2.17. The van der Waals surface area contributed by atoms with Crippen LogP contribution in [0.3, 0.4) is 0 Å². The van der Waals surface area contributed by atoms with E-state index in [4.69, 9.17) is 0 Å². The molecule has 0 aliphatic heterocycles. The summed E-state index contributed by atoms with van der Waals surface area (Å²) in [6.45, 7) is 3.96. The van der Waals surface area contributed by atoms with Crippen LogP contribution in [0.1, 0.15) is 22.9 Å². The first-order valence-electron chi connectivity index (χ1n) is 7.55. The average molecular weight is 328 g/mol. The number of aliphatic hydroxyl groups is 1. The second-order valence-corrected chi connectivity index (χ2v) is 7.02. The van der Waals surface area contributed by atoms with Crippen LogP contribution in [-0.2, 0) is 16.8 Å². The van der Waals surface area contributed by atoms with Gasteiger partial charge in [-0.05, 0) is 42.5 Å². The lowest BCUT2D eigenvalue weighted by Crippen LogP contribution is -2.38. The Morgan fingerprint density at radius 1 is 1.39 bits per heavy atom. The van der Waals surface area contributed by atoms with Crippen molar-refractivity contribution in [1.82, 2.24) is 10.3 Å². The number of amides is 1. The Labute approximate surface area is 139 Å². The van der Waals surface area contributed by atoms with Crippen molar-refractivity contribution in [2.45, 2.75) is 25.9 Å². The van der Waals surface area contributed by atoms with E-state index in [1.54, 1.807) is 6.92 Å². The third kappa shape index (κ3) is 3.46. The fourth-order valence-electron chi connectivity index (χ4n) is 2.62. The highest BCUT2D eigenvalue weighted by Gasteiger charge is 2.24. The predicted molar refractivity (Wildman–Crippen MR) is 93.6 cm³/mol. The van der Waals surface area contributed by atoms with Gasteiger partial charge in [-0.2, -0.15) is 0 Å². The van der Waals surface area contributed by atoms with Crippen LogP contribution >= 0.6 is 11.3 Å². The Kier molecular flexibility index (Phi) is 4.24. The van der Waals surface area contributed by atoms with Gasteiger partial charge >= 0.3 is 0 Å². The summed E-state index contributed by atoms with van der Waals surface area (Å²) in [5, 5.41) is 16.3. The standard InChI is InChI=1S/C18H20N2O2S/c1-12-5-6-14-13(10-19-15(14)8-12)9-17(21)20-11-18(2,22)16-4-3-7-23-16/h3-8,10,19,22H,9,11H2,1-2H3,(H,20,21). The number of nitrogens with one attached hydrogen (secondary N) is 2. The Morgan fingerprint density at radius 2 is 2.22 bits per heavy atom. The Bertz CT molecular complexity index is 819. The molecule has 5 heteroatoms. The number of hydrogen-bond acceptors (Lipinski definition) is 3. The third-order valence-electron chi connectivity index (χ3n) is 3.96. The maximum Gasteiger partial charge on any atom is 0.224 e. The van der Waals surface area contributed by atoms with Gasteiger partial charge in [-0.15, -0.1) is 11.3 Å². The van der Waals surface area contributed by atoms with Crippen molar-refractivity contribution < 1.29 is 9.90 Å². The molecule has 0 aliphatic rings. The number of hydrogen-bond donors (Lipinski definition) is 3. The van der Waals surface area contributed by atoms with Crippen molar-refractivity contribution >= 4 is 28.1 Å². The first-order chi connectivity index (χ1) is 11.0. The molecule has 2 heterocycles. The molecule has 4 nitrogen and oxygen atoms in total. The summed E-state index contributed by atoms with van der Waals surface area (Å²) >= 11 is 1.48. The van der Waals surface area contributed by atoms with Gasteiger partial charge in [-0.3, -0.25) is 4.79 Å². The van der Waals surface area contributed by atoms with E-state index in [-0.39, 0.29) is 12.5 Å². The SMILES string of the molecule is Cc1ccc2c(CC(=O)NCC(C)(O)c3cccs3)c[nH]c2c1. The minimum absolute atomic E-state index is 0.0942. The van der Waals surface area contributed by atoms with E-state index in [0.29, 0.717) is 6.42 Å². The highest BCUT2D eigenvalue weighted by molar-refractivity contribution is 7.10. The molecule has 3 aromatic rings. The molecule has 0 spiro atoms. The molecular formula is C18H20N2O2S. The largest absolute Gasteiger partial charge is 0.383 e. The molecule has 1 aromatic carbocycles. The van der Waals surface area contributed by atoms with Crippen molar-refractivity contribution in [1.29, 1.82) is 0 Å². The van der Waals surface area contributed by atoms with Crippen molar-refractivity contribution in [2.75, 3.05) is 6.54 Å². The zero-order valence-corrected chi connectivity index (χ0v) is 14.0. The van der Waals surface area contributed by atoms with Crippen molar-refractivity contribution in [3.05, 3.63) is 57.9 Å². The molecule has 3 N–H and O–H groups in total. The summed E-state index contributed by atoms with van der Waals surface area (Å²) < 4.78 is 0. The highest BCUT2D eigenvalue weighted by atomic mass is 32.1. The van der Waals surface area contributed by atoms with Crippen LogP contribution in [0, 0.1) is 6.92 Å². The number of H-pyrrole nitrogens is 1. The molecule has 1 atom stereocenters. The second kappa shape index (κ2) is 6.18. The van der Waals surface area contributed by atoms with Crippen LogP contribution < -0.4 is 5.32 Å². The zero-order chi connectivity index (χ0) is 16.4. The Hall–Kier alpha value is -2.11. The summed E-state index contributed by atoms with van der Waals surface area (Å²) in [6, 6.07) is 9.91. The summed E-state index contributed by atoms with van der Waals surface area (Å²) in [4.78, 5) is 16.3. The second-order valence-electron chi connectivity index (χ2n) is 6.07. The number of aromatic amines is 1. The first-order valence-corrected chi connectivity index (χ1v) is 8.43. The van der Waals surface area contributed by atoms with Gasteiger partial charge in [0.2, 0.25) is 5.91 Å². The number of carbonyl (C=O) groups is 1. The Morgan fingerprint density at radius 3 is 2.96 bits per heavy atom. The van der Waals surface area contributed by atoms with Crippen LogP contribution in [0.15, 0.2) is 41.9 Å². The number of benzene rings is 1. The van der Waals surface area contributed by atoms with Crippen molar-refractivity contribution in [3.8, 4) is 0 Å². The van der Waals surface area contributed by atoms with E-state index >= 15 is 0 Å². The van der Waals surface area contributed by atoms with Crippen LogP contribution in [-0.4, -0.2) is 22.5 Å². The molecular weight excluding hydrogens is 308 g/mol. The van der Waals surface area contributed by atoms with Crippen molar-refractivity contribution in [2.24, 2.45) is 0 Å². The van der Waals surface area contributed by atoms with Crippen molar-refractivity contribution in [3.63, 3.8) is 0 Å². The molecule has 1 unspecified atom stereocenters. The molecule has 0 aliphatic carbocycles. The van der Waals surface area contributed by atoms with Gasteiger partial charge in [0.15, 0.2) is 0 Å². The molecule has 0 bridgehead atoms. The average Bonchev–Trinajstić information content (AvgIpc) is 3.16. The van der Waals surface area contributed by atoms with Gasteiger partial charge in [0, 0.05) is 22.0 Å². The molecule has 120 valence electrons. The molecule has 0 saturated carbocycles. The number of rotatable bonds is 5. The summed E-state index contributed by atoms with van der Waals surface area (Å²) in [5.41, 5.74) is 2.15. The maximum absolute atomic E-state index is 12.2. The molecule has 0 fully saturated rings. The summed E-state index contributed by atoms with van der Waals surface area (Å²) in [5.74, 6) is -0.0942. The minimum Gasteiger partial charge on any atom is -0.383 e. The third-order valence-corrected chi connectivity index (χ3v) is 5.08. The number of aromatic nitrogens is 1. The molecule has 23 heavy (non-hydrogen) atoms. The minimum atomic E-state index is -1.04. The van der Waals surface area contributed by atoms with Crippen LogP contribution in [0.4, 0.5) is 0 Å². The van der Waals surface area contributed by atoms with E-state index in [1.807, 2.05) is 42.8 Å². The van der Waals surface area contributed by atoms with Gasteiger partial charge in [0.05, 0.1) is 13.0 Å². The molecule has 0 saturated heterocycles. The zero-order valence-electron chi connectivity index (χ0n) is 13.2. The quantitative estimate of drug-likeness (QED) is 0.674. The predicted octanol–water partition coefficient (Wildman–Crippen LogP) is 3.10. The topological polar surface area (TPSA) is 65.1 Å². The van der Waals surface area contributed by atoms with E-state index in [1.165, 1.54) is 16.9 Å². The van der Waals surface area contributed by atoms with Gasteiger partial charge < -0.3 is 15.4 Å². The normalized spacial score (nSPS) is 13.9. The fourth-order valence-corrected chi connectivity index (χ4v) is 3.41. The molecule has 2 aromatic heterocycles. The fraction of sp³-hybridized carbons (Fsp3) is 0.278. The molecule has 0 radical (unpaired) electrons. The maximum atomic E-state index is 12.2. The van der Waals surface area contributed by atoms with E-state index in [2.05, 4.69) is 16.4 Å². The van der Waals surface area contributed by atoms with Gasteiger partial charge in [0.1, 0.15) is 5.60 Å². The number of thiophene rings is 1. The lowest BCUT2D eigenvalue weighted by atomic mass is 10.0. The number of fused-ring (bicyclic) bond motifs is 1. The monoisotopic (exact) mass is 328 g/mol. The van der Waals surface area contributed by atoms with Gasteiger partial charge in [-0.1, -0.05) is 18.2 Å². The summed E-state index contributed by atoms with van der Waals surface area (Å²) in [7, 11) is 0. The Balaban J connectivity index is 1.65.